The maximum absolute atomic E-state index is 9.88. The Morgan fingerprint density at radius 2 is 1.09 bits per heavy atom. The molecule has 0 unspecified atom stereocenters. The van der Waals surface area contributed by atoms with E-state index in [2.05, 4.69) is 4.99 Å². The van der Waals surface area contributed by atoms with Gasteiger partial charge in [-0.25, -0.2) is 9.79 Å². The van der Waals surface area contributed by atoms with Gasteiger partial charge in [0.1, 0.15) is 0 Å². The third-order valence-corrected chi connectivity index (χ3v) is 6.32. The molecule has 0 aliphatic rings. The molecule has 0 atom stereocenters. The number of carbonyl (C=O) groups excluding carboxylic acids is 1. The average molecular weight is 366 g/mol. The Hall–Kier alpha value is 0.177. The van der Waals surface area contributed by atoms with Crippen LogP contribution in [0.1, 0.15) is 83.5 Å². The number of hydrogen-bond donors (Lipinski definition) is 0. The van der Waals surface area contributed by atoms with E-state index >= 15 is 0 Å². The van der Waals surface area contributed by atoms with Gasteiger partial charge in [0, 0.05) is 0 Å². The first kappa shape index (κ1) is 22.2. The van der Waals surface area contributed by atoms with Gasteiger partial charge in [0.25, 0.3) is 0 Å². The molecular formula is C17H33Cl2NOSi. The first-order valence-electron chi connectivity index (χ1n) is 8.98. The first-order valence-corrected chi connectivity index (χ1v) is 13.7. The molecule has 0 saturated carbocycles. The van der Waals surface area contributed by atoms with Crippen LogP contribution in [0.15, 0.2) is 4.99 Å². The van der Waals surface area contributed by atoms with Crippen LogP contribution in [-0.4, -0.2) is 19.3 Å². The van der Waals surface area contributed by atoms with Gasteiger partial charge in [0.2, 0.25) is 12.8 Å². The smallest absolute Gasteiger partial charge is 0.211 e. The van der Waals surface area contributed by atoms with Gasteiger partial charge >= 0.3 is 0 Å². The molecule has 0 fully saturated rings. The predicted molar refractivity (Wildman–Crippen MR) is 101 cm³/mol. The second kappa shape index (κ2) is 16.0. The van der Waals surface area contributed by atoms with Gasteiger partial charge in [0.15, 0.2) is 0 Å². The molecule has 0 saturated heterocycles. The number of halogens is 2. The van der Waals surface area contributed by atoms with Crippen molar-refractivity contribution in [1.82, 2.24) is 0 Å². The highest BCUT2D eigenvalue weighted by Crippen LogP contribution is 2.23. The largest absolute Gasteiger partial charge is 0.248 e. The van der Waals surface area contributed by atoms with E-state index in [0.29, 0.717) is 6.54 Å². The number of isocyanates is 1. The quantitative estimate of drug-likeness (QED) is 0.0956. The average Bonchev–Trinajstić information content (AvgIpc) is 2.45. The Bertz CT molecular complexity index is 289. The summed E-state index contributed by atoms with van der Waals surface area (Å²) in [5, 5.41) is 0. The fraction of sp³-hybridized carbons (Fsp3) is 0.941. The van der Waals surface area contributed by atoms with Crippen molar-refractivity contribution in [2.75, 3.05) is 6.54 Å². The number of hydrogen-bond acceptors (Lipinski definition) is 2. The van der Waals surface area contributed by atoms with Crippen LogP contribution < -0.4 is 0 Å². The minimum atomic E-state index is -1.84. The van der Waals surface area contributed by atoms with Gasteiger partial charge in [-0.1, -0.05) is 77.0 Å². The van der Waals surface area contributed by atoms with E-state index in [4.69, 9.17) is 22.2 Å². The van der Waals surface area contributed by atoms with Crippen LogP contribution in [0.25, 0.3) is 0 Å². The third-order valence-electron chi connectivity index (χ3n) is 3.95. The summed E-state index contributed by atoms with van der Waals surface area (Å²) in [5.41, 5.74) is 0. The molecule has 2 nitrogen and oxygen atoms in total. The van der Waals surface area contributed by atoms with E-state index in [9.17, 15) is 4.79 Å². The van der Waals surface area contributed by atoms with Crippen LogP contribution in [-0.2, 0) is 4.79 Å². The molecule has 0 aromatic rings. The zero-order valence-electron chi connectivity index (χ0n) is 14.2. The maximum Gasteiger partial charge on any atom is 0.248 e. The topological polar surface area (TPSA) is 29.4 Å². The highest BCUT2D eigenvalue weighted by molar-refractivity contribution is 7.44. The van der Waals surface area contributed by atoms with Crippen molar-refractivity contribution in [1.29, 1.82) is 0 Å². The molecule has 0 aromatic heterocycles. The zero-order valence-corrected chi connectivity index (χ0v) is 16.7. The Morgan fingerprint density at radius 1 is 0.727 bits per heavy atom. The van der Waals surface area contributed by atoms with Gasteiger partial charge in [-0.05, 0) is 19.0 Å². The van der Waals surface area contributed by atoms with E-state index in [-0.39, 0.29) is 0 Å². The van der Waals surface area contributed by atoms with Crippen molar-refractivity contribution >= 4 is 34.9 Å². The normalized spacial score (nSPS) is 11.4. The fourth-order valence-corrected chi connectivity index (χ4v) is 4.29. The van der Waals surface area contributed by atoms with Crippen LogP contribution >= 0.6 is 22.2 Å². The molecule has 0 aliphatic carbocycles. The van der Waals surface area contributed by atoms with Crippen molar-refractivity contribution in [3.05, 3.63) is 0 Å². The van der Waals surface area contributed by atoms with Gasteiger partial charge in [0.05, 0.1) is 6.54 Å². The Balaban J connectivity index is 3.04. The Morgan fingerprint density at radius 3 is 1.45 bits per heavy atom. The standard InChI is InChI=1S/C17H33Cl2NOSi/c1-22(18,19)16-14-12-10-8-6-4-2-3-5-7-9-11-13-15-20-17-21/h2-16H2,1H3. The highest BCUT2D eigenvalue weighted by Gasteiger charge is 2.19. The van der Waals surface area contributed by atoms with Crippen molar-refractivity contribution in [3.63, 3.8) is 0 Å². The van der Waals surface area contributed by atoms with E-state index in [1.54, 1.807) is 6.08 Å². The lowest BCUT2D eigenvalue weighted by atomic mass is 10.0. The molecule has 0 bridgehead atoms. The summed E-state index contributed by atoms with van der Waals surface area (Å²) in [6.45, 7) is 0.821. The summed E-state index contributed by atoms with van der Waals surface area (Å²) in [6.07, 6.45) is 18.5. The van der Waals surface area contributed by atoms with Crippen LogP contribution in [0.4, 0.5) is 0 Å². The van der Waals surface area contributed by atoms with Gasteiger partial charge < -0.3 is 0 Å². The summed E-state index contributed by atoms with van der Waals surface area (Å²) in [7, 11) is 0. The summed E-state index contributed by atoms with van der Waals surface area (Å²) >= 11 is 12.2. The SMILES string of the molecule is C[Si](Cl)(Cl)CCCCCCCCCCCCCCCN=C=O. The van der Waals surface area contributed by atoms with Crippen molar-refractivity contribution in [3.8, 4) is 0 Å². The van der Waals surface area contributed by atoms with Crippen LogP contribution in [0, 0.1) is 0 Å². The molecular weight excluding hydrogens is 333 g/mol. The molecule has 5 heteroatoms. The highest BCUT2D eigenvalue weighted by atomic mass is 35.7. The summed E-state index contributed by atoms with van der Waals surface area (Å²) in [5.74, 6) is 0. The van der Waals surface area contributed by atoms with E-state index in [0.717, 1.165) is 12.5 Å². The van der Waals surface area contributed by atoms with Crippen molar-refractivity contribution < 1.29 is 4.79 Å². The van der Waals surface area contributed by atoms with E-state index in [1.807, 2.05) is 6.55 Å². The van der Waals surface area contributed by atoms with Crippen LogP contribution in [0.5, 0.6) is 0 Å². The maximum atomic E-state index is 9.88. The minimum Gasteiger partial charge on any atom is -0.211 e. The molecule has 22 heavy (non-hydrogen) atoms. The molecule has 0 N–H and O–H groups in total. The molecule has 0 spiro atoms. The van der Waals surface area contributed by atoms with Crippen LogP contribution in [0.2, 0.25) is 12.6 Å². The molecule has 0 radical (unpaired) electrons. The fourth-order valence-electron chi connectivity index (χ4n) is 2.62. The molecule has 0 aliphatic heterocycles. The lowest BCUT2D eigenvalue weighted by molar-refractivity contribution is 0.539. The van der Waals surface area contributed by atoms with E-state index in [1.165, 1.54) is 77.0 Å². The van der Waals surface area contributed by atoms with Gasteiger partial charge in [-0.3, -0.25) is 0 Å². The number of rotatable bonds is 16. The monoisotopic (exact) mass is 365 g/mol. The van der Waals surface area contributed by atoms with Gasteiger partial charge in [-0.2, -0.15) is 0 Å². The molecule has 0 rings (SSSR count). The lowest BCUT2D eigenvalue weighted by Crippen LogP contribution is -2.11. The number of unbranched alkanes of at least 4 members (excludes halogenated alkanes) is 12. The number of nitrogens with zero attached hydrogens (tertiary/aromatic N) is 1. The Labute approximate surface area is 147 Å². The second-order valence-electron chi connectivity index (χ2n) is 6.39. The predicted octanol–water partition coefficient (Wildman–Crippen LogP) is 6.94. The van der Waals surface area contributed by atoms with E-state index < -0.39 is 6.69 Å². The molecule has 0 aromatic carbocycles. The summed E-state index contributed by atoms with van der Waals surface area (Å²) < 4.78 is 0. The second-order valence-corrected chi connectivity index (χ2v) is 14.6. The third kappa shape index (κ3) is 20.2. The zero-order chi connectivity index (χ0) is 16.5. The molecule has 0 amide bonds. The summed E-state index contributed by atoms with van der Waals surface area (Å²) in [4.78, 5) is 13.4. The Kier molecular flexibility index (Phi) is 16.2. The van der Waals surface area contributed by atoms with Crippen LogP contribution in [0.3, 0.4) is 0 Å². The van der Waals surface area contributed by atoms with Crippen molar-refractivity contribution in [2.45, 2.75) is 96.1 Å². The molecule has 130 valence electrons. The lowest BCUT2D eigenvalue weighted by Gasteiger charge is -2.09. The number of aliphatic imine (C=N–C) groups is 1. The minimum absolute atomic E-state index is 0.653. The van der Waals surface area contributed by atoms with Crippen molar-refractivity contribution in [2.24, 2.45) is 4.99 Å². The van der Waals surface area contributed by atoms with Gasteiger partial charge in [-0.15, -0.1) is 22.2 Å². The molecule has 0 heterocycles. The first-order chi connectivity index (χ1) is 10.6. The summed E-state index contributed by atoms with van der Waals surface area (Å²) in [6, 6.07) is 1.04.